The van der Waals surface area contributed by atoms with E-state index >= 15 is 0 Å². The normalized spacial score (nSPS) is 10.5. The molecule has 1 N–H and O–H groups in total. The number of aryl methyl sites for hydroxylation is 1. The Morgan fingerprint density at radius 1 is 1.40 bits per heavy atom. The molecule has 15 heavy (non-hydrogen) atoms. The second kappa shape index (κ2) is 3.77. The van der Waals surface area contributed by atoms with Gasteiger partial charge in [0.25, 0.3) is 0 Å². The van der Waals surface area contributed by atoms with E-state index in [1.165, 1.54) is 5.39 Å². The number of fused-ring (bicyclic) bond motifs is 1. The van der Waals surface area contributed by atoms with Crippen LogP contribution in [-0.2, 0) is 4.79 Å². The number of likely N-dealkylation sites (N-methyl/N-ethyl adjacent to an activating group) is 1. The van der Waals surface area contributed by atoms with Crippen LogP contribution in [-0.4, -0.2) is 24.9 Å². The summed E-state index contributed by atoms with van der Waals surface area (Å²) in [5, 5.41) is 1.17. The summed E-state index contributed by atoms with van der Waals surface area (Å²) in [4.78, 5) is 15.8. The number of para-hydroxylation sites is 1. The molecule has 78 valence electrons. The topological polar surface area (TPSA) is 36.1 Å². The van der Waals surface area contributed by atoms with Crippen molar-refractivity contribution in [3.63, 3.8) is 0 Å². The van der Waals surface area contributed by atoms with Crippen LogP contribution < -0.4 is 4.90 Å². The molecule has 3 nitrogen and oxygen atoms in total. The molecule has 0 radical (unpaired) electrons. The number of benzene rings is 1. The third kappa shape index (κ3) is 1.61. The number of carbonyl (C=O) groups is 1. The van der Waals surface area contributed by atoms with Gasteiger partial charge in [-0.15, -0.1) is 0 Å². The number of hydrogen-bond acceptors (Lipinski definition) is 2. The van der Waals surface area contributed by atoms with Gasteiger partial charge < -0.3 is 14.7 Å². The van der Waals surface area contributed by atoms with Crippen LogP contribution in [0.3, 0.4) is 0 Å². The van der Waals surface area contributed by atoms with Crippen molar-refractivity contribution in [3.8, 4) is 0 Å². The van der Waals surface area contributed by atoms with Gasteiger partial charge in [0.05, 0.1) is 12.2 Å². The molecule has 0 spiro atoms. The predicted molar refractivity (Wildman–Crippen MR) is 62.4 cm³/mol. The second-order valence-corrected chi connectivity index (χ2v) is 3.69. The molecule has 2 rings (SSSR count). The van der Waals surface area contributed by atoms with Gasteiger partial charge in [-0.3, -0.25) is 0 Å². The highest BCUT2D eigenvalue weighted by Crippen LogP contribution is 2.29. The molecule has 0 saturated heterocycles. The van der Waals surface area contributed by atoms with E-state index in [4.69, 9.17) is 0 Å². The number of H-pyrrole nitrogens is 1. The third-order valence-electron chi connectivity index (χ3n) is 2.59. The smallest absolute Gasteiger partial charge is 0.139 e. The minimum atomic E-state index is 0.419. The van der Waals surface area contributed by atoms with Gasteiger partial charge in [0.1, 0.15) is 6.29 Å². The maximum absolute atomic E-state index is 10.5. The summed E-state index contributed by atoms with van der Waals surface area (Å²) in [5.41, 5.74) is 3.32. The molecule has 0 bridgehead atoms. The SMILES string of the molecule is Cc1[nH]c2ccccc2c1N(C)CC=O. The molecular weight excluding hydrogens is 188 g/mol. The molecule has 3 heteroatoms. The van der Waals surface area contributed by atoms with E-state index in [1.54, 1.807) is 0 Å². The lowest BCUT2D eigenvalue weighted by Crippen LogP contribution is -2.19. The van der Waals surface area contributed by atoms with Gasteiger partial charge in [0.15, 0.2) is 0 Å². The van der Waals surface area contributed by atoms with Crippen molar-refractivity contribution in [2.45, 2.75) is 6.92 Å². The molecule has 1 aromatic heterocycles. The Kier molecular flexibility index (Phi) is 2.46. The first-order valence-corrected chi connectivity index (χ1v) is 4.96. The Morgan fingerprint density at radius 2 is 2.13 bits per heavy atom. The molecule has 1 heterocycles. The summed E-state index contributed by atoms with van der Waals surface area (Å²) >= 11 is 0. The lowest BCUT2D eigenvalue weighted by Gasteiger charge is -2.16. The number of aromatic nitrogens is 1. The first-order valence-electron chi connectivity index (χ1n) is 4.96. The van der Waals surface area contributed by atoms with Crippen molar-refractivity contribution >= 4 is 22.9 Å². The summed E-state index contributed by atoms with van der Waals surface area (Å²) in [6, 6.07) is 8.12. The maximum atomic E-state index is 10.5. The van der Waals surface area contributed by atoms with E-state index in [-0.39, 0.29) is 0 Å². The van der Waals surface area contributed by atoms with E-state index < -0.39 is 0 Å². The minimum Gasteiger partial charge on any atom is -0.366 e. The zero-order valence-corrected chi connectivity index (χ0v) is 8.95. The number of aldehydes is 1. The molecule has 0 aliphatic carbocycles. The lowest BCUT2D eigenvalue weighted by atomic mass is 10.2. The minimum absolute atomic E-state index is 0.419. The van der Waals surface area contributed by atoms with Gasteiger partial charge >= 0.3 is 0 Å². The Hall–Kier alpha value is -1.77. The molecule has 0 fully saturated rings. The number of hydrogen-bond donors (Lipinski definition) is 1. The Labute approximate surface area is 88.7 Å². The van der Waals surface area contributed by atoms with E-state index in [9.17, 15) is 4.79 Å². The van der Waals surface area contributed by atoms with Crippen LogP contribution in [0.25, 0.3) is 10.9 Å². The van der Waals surface area contributed by atoms with Crippen molar-refractivity contribution < 1.29 is 4.79 Å². The fourth-order valence-electron chi connectivity index (χ4n) is 1.96. The van der Waals surface area contributed by atoms with Crippen LogP contribution in [0.5, 0.6) is 0 Å². The molecule has 0 amide bonds. The van der Waals surface area contributed by atoms with Gasteiger partial charge in [0.2, 0.25) is 0 Å². The highest BCUT2D eigenvalue weighted by atomic mass is 16.1. The van der Waals surface area contributed by atoms with Crippen molar-refractivity contribution in [1.82, 2.24) is 4.98 Å². The third-order valence-corrected chi connectivity index (χ3v) is 2.59. The summed E-state index contributed by atoms with van der Waals surface area (Å²) in [6.45, 7) is 2.44. The standard InChI is InChI=1S/C12H14N2O/c1-9-12(14(2)7-8-15)10-5-3-4-6-11(10)13-9/h3-6,8,13H,7H2,1-2H3. The Balaban J connectivity index is 2.58. The van der Waals surface area contributed by atoms with Crippen molar-refractivity contribution in [3.05, 3.63) is 30.0 Å². The van der Waals surface area contributed by atoms with Gasteiger partial charge in [-0.1, -0.05) is 18.2 Å². The van der Waals surface area contributed by atoms with Crippen LogP contribution in [0.2, 0.25) is 0 Å². The molecule has 2 aromatic rings. The van der Waals surface area contributed by atoms with Gasteiger partial charge in [0, 0.05) is 23.6 Å². The number of rotatable bonds is 3. The number of nitrogens with zero attached hydrogens (tertiary/aromatic N) is 1. The molecule has 0 aliphatic rings. The molecule has 0 atom stereocenters. The highest BCUT2D eigenvalue weighted by Gasteiger charge is 2.10. The quantitative estimate of drug-likeness (QED) is 0.774. The van der Waals surface area contributed by atoms with Crippen molar-refractivity contribution in [1.29, 1.82) is 0 Å². The van der Waals surface area contributed by atoms with E-state index in [1.807, 2.05) is 37.1 Å². The van der Waals surface area contributed by atoms with E-state index in [0.29, 0.717) is 6.54 Å². The molecule has 1 aromatic carbocycles. The van der Waals surface area contributed by atoms with Gasteiger partial charge in [-0.05, 0) is 13.0 Å². The largest absolute Gasteiger partial charge is 0.366 e. The summed E-state index contributed by atoms with van der Waals surface area (Å²) in [5.74, 6) is 0. The van der Waals surface area contributed by atoms with Crippen LogP contribution in [0.4, 0.5) is 5.69 Å². The predicted octanol–water partition coefficient (Wildman–Crippen LogP) is 2.11. The number of anilines is 1. The fourth-order valence-corrected chi connectivity index (χ4v) is 1.96. The molecule has 0 saturated carbocycles. The Bertz CT molecular complexity index is 487. The highest BCUT2D eigenvalue weighted by molar-refractivity contribution is 5.95. The number of nitrogens with one attached hydrogen (secondary N) is 1. The number of aromatic amines is 1. The molecule has 0 unspecified atom stereocenters. The van der Waals surface area contributed by atoms with Crippen LogP contribution in [0.15, 0.2) is 24.3 Å². The monoisotopic (exact) mass is 202 g/mol. The summed E-state index contributed by atoms with van der Waals surface area (Å²) in [6.07, 6.45) is 0.918. The van der Waals surface area contributed by atoms with Gasteiger partial charge in [-0.2, -0.15) is 0 Å². The average Bonchev–Trinajstić information content (AvgIpc) is 2.54. The van der Waals surface area contributed by atoms with Crippen molar-refractivity contribution in [2.75, 3.05) is 18.5 Å². The lowest BCUT2D eigenvalue weighted by molar-refractivity contribution is -0.106. The van der Waals surface area contributed by atoms with Crippen LogP contribution >= 0.6 is 0 Å². The summed E-state index contributed by atoms with van der Waals surface area (Å²) in [7, 11) is 1.93. The zero-order valence-electron chi connectivity index (χ0n) is 8.95. The van der Waals surface area contributed by atoms with E-state index in [0.717, 1.165) is 23.2 Å². The van der Waals surface area contributed by atoms with Crippen LogP contribution in [0, 0.1) is 6.92 Å². The molecule has 0 aliphatic heterocycles. The van der Waals surface area contributed by atoms with Crippen molar-refractivity contribution in [2.24, 2.45) is 0 Å². The fraction of sp³-hybridized carbons (Fsp3) is 0.250. The van der Waals surface area contributed by atoms with Crippen LogP contribution in [0.1, 0.15) is 5.69 Å². The first-order chi connectivity index (χ1) is 7.24. The Morgan fingerprint density at radius 3 is 2.87 bits per heavy atom. The molecular formula is C12H14N2O. The zero-order chi connectivity index (χ0) is 10.8. The number of carbonyl (C=O) groups excluding carboxylic acids is 1. The van der Waals surface area contributed by atoms with Gasteiger partial charge in [-0.25, -0.2) is 0 Å². The average molecular weight is 202 g/mol. The summed E-state index contributed by atoms with van der Waals surface area (Å²) < 4.78 is 0. The second-order valence-electron chi connectivity index (χ2n) is 3.69. The maximum Gasteiger partial charge on any atom is 0.139 e. The van der Waals surface area contributed by atoms with E-state index in [2.05, 4.69) is 11.1 Å². The first kappa shape index (κ1) is 9.77.